The lowest BCUT2D eigenvalue weighted by Gasteiger charge is -2.15. The SMILES string of the molecule is Cc1ccc2cc(C(N)c3c(F)cccc3F)ccc2n1. The topological polar surface area (TPSA) is 38.9 Å². The minimum atomic E-state index is -0.850. The maximum atomic E-state index is 13.8. The van der Waals surface area contributed by atoms with Crippen molar-refractivity contribution in [3.05, 3.63) is 77.0 Å². The molecule has 21 heavy (non-hydrogen) atoms. The van der Waals surface area contributed by atoms with Crippen LogP contribution in [0.15, 0.2) is 48.5 Å². The summed E-state index contributed by atoms with van der Waals surface area (Å²) >= 11 is 0. The number of rotatable bonds is 2. The third kappa shape index (κ3) is 2.50. The van der Waals surface area contributed by atoms with Crippen LogP contribution in [0.4, 0.5) is 8.78 Å². The van der Waals surface area contributed by atoms with Crippen LogP contribution in [0.25, 0.3) is 10.9 Å². The Morgan fingerprint density at radius 2 is 1.71 bits per heavy atom. The summed E-state index contributed by atoms with van der Waals surface area (Å²) in [5, 5.41) is 0.894. The Morgan fingerprint density at radius 1 is 1.00 bits per heavy atom. The molecule has 0 radical (unpaired) electrons. The summed E-state index contributed by atoms with van der Waals surface area (Å²) in [4.78, 5) is 4.39. The van der Waals surface area contributed by atoms with Gasteiger partial charge in [0.1, 0.15) is 11.6 Å². The normalized spacial score (nSPS) is 12.6. The standard InChI is InChI=1S/C17H14F2N2/c1-10-5-6-11-9-12(7-8-15(11)21-10)17(20)16-13(18)3-2-4-14(16)19/h2-9,17H,20H2,1H3. The van der Waals surface area contributed by atoms with Crippen LogP contribution >= 0.6 is 0 Å². The first-order chi connectivity index (χ1) is 10.1. The van der Waals surface area contributed by atoms with Crippen LogP contribution in [-0.4, -0.2) is 4.98 Å². The predicted octanol–water partition coefficient (Wildman–Crippen LogP) is 3.87. The van der Waals surface area contributed by atoms with E-state index in [1.165, 1.54) is 18.2 Å². The molecule has 0 saturated heterocycles. The smallest absolute Gasteiger partial charge is 0.131 e. The van der Waals surface area contributed by atoms with Gasteiger partial charge in [0.15, 0.2) is 0 Å². The van der Waals surface area contributed by atoms with Crippen LogP contribution in [0.1, 0.15) is 22.9 Å². The highest BCUT2D eigenvalue weighted by Crippen LogP contribution is 2.27. The van der Waals surface area contributed by atoms with Gasteiger partial charge in [-0.3, -0.25) is 4.98 Å². The molecule has 0 fully saturated rings. The fourth-order valence-electron chi connectivity index (χ4n) is 2.41. The monoisotopic (exact) mass is 284 g/mol. The second kappa shape index (κ2) is 5.22. The highest BCUT2D eigenvalue weighted by molar-refractivity contribution is 5.79. The van der Waals surface area contributed by atoms with Gasteiger partial charge >= 0.3 is 0 Å². The molecule has 3 aromatic rings. The number of nitrogens with two attached hydrogens (primary N) is 1. The number of aromatic nitrogens is 1. The minimum Gasteiger partial charge on any atom is -0.320 e. The highest BCUT2D eigenvalue weighted by Gasteiger charge is 2.18. The van der Waals surface area contributed by atoms with Crippen LogP contribution in [0.3, 0.4) is 0 Å². The zero-order valence-corrected chi connectivity index (χ0v) is 11.5. The van der Waals surface area contributed by atoms with E-state index in [1.807, 2.05) is 31.2 Å². The number of aryl methyl sites for hydroxylation is 1. The van der Waals surface area contributed by atoms with Gasteiger partial charge in [-0.25, -0.2) is 8.78 Å². The molecule has 0 bridgehead atoms. The molecule has 0 aliphatic heterocycles. The molecule has 1 heterocycles. The number of fused-ring (bicyclic) bond motifs is 1. The molecule has 2 nitrogen and oxygen atoms in total. The minimum absolute atomic E-state index is 0.114. The van der Waals surface area contributed by atoms with Crippen LogP contribution in [-0.2, 0) is 0 Å². The van der Waals surface area contributed by atoms with Crippen molar-refractivity contribution in [3.8, 4) is 0 Å². The molecule has 106 valence electrons. The number of benzene rings is 2. The molecule has 1 aromatic heterocycles. The summed E-state index contributed by atoms with van der Waals surface area (Å²) < 4.78 is 27.6. The summed E-state index contributed by atoms with van der Waals surface area (Å²) in [5.41, 5.74) is 8.32. The molecular weight excluding hydrogens is 270 g/mol. The summed E-state index contributed by atoms with van der Waals surface area (Å²) in [6.45, 7) is 1.91. The van der Waals surface area contributed by atoms with E-state index < -0.39 is 17.7 Å². The van der Waals surface area contributed by atoms with Crippen molar-refractivity contribution >= 4 is 10.9 Å². The maximum Gasteiger partial charge on any atom is 0.131 e. The number of hydrogen-bond donors (Lipinski definition) is 1. The molecule has 1 atom stereocenters. The van der Waals surface area contributed by atoms with Gasteiger partial charge in [-0.1, -0.05) is 18.2 Å². The van der Waals surface area contributed by atoms with Crippen molar-refractivity contribution in [2.45, 2.75) is 13.0 Å². The van der Waals surface area contributed by atoms with Crippen molar-refractivity contribution in [3.63, 3.8) is 0 Å². The summed E-state index contributed by atoms with van der Waals surface area (Å²) in [5.74, 6) is -1.27. The van der Waals surface area contributed by atoms with E-state index in [0.717, 1.165) is 16.6 Å². The van der Waals surface area contributed by atoms with Crippen LogP contribution < -0.4 is 5.73 Å². The molecule has 1 unspecified atom stereocenters. The molecule has 0 amide bonds. The van der Waals surface area contributed by atoms with Crippen molar-refractivity contribution in [2.75, 3.05) is 0 Å². The first-order valence-electron chi connectivity index (χ1n) is 6.63. The number of hydrogen-bond acceptors (Lipinski definition) is 2. The lowest BCUT2D eigenvalue weighted by molar-refractivity contribution is 0.543. The molecule has 3 rings (SSSR count). The van der Waals surface area contributed by atoms with Gasteiger partial charge in [0.25, 0.3) is 0 Å². The van der Waals surface area contributed by atoms with E-state index in [1.54, 1.807) is 6.07 Å². The number of halogens is 2. The van der Waals surface area contributed by atoms with Crippen LogP contribution in [0.2, 0.25) is 0 Å². The zero-order valence-electron chi connectivity index (χ0n) is 11.5. The first kappa shape index (κ1) is 13.6. The Labute approximate surface area is 121 Å². The Bertz CT molecular complexity index is 795. The van der Waals surface area contributed by atoms with Gasteiger partial charge in [0, 0.05) is 16.6 Å². The third-order valence-electron chi connectivity index (χ3n) is 3.52. The summed E-state index contributed by atoms with van der Waals surface area (Å²) in [6, 6.07) is 12.1. The van der Waals surface area contributed by atoms with Gasteiger partial charge in [-0.15, -0.1) is 0 Å². The first-order valence-corrected chi connectivity index (χ1v) is 6.63. The average Bonchev–Trinajstić information content (AvgIpc) is 2.46. The summed E-state index contributed by atoms with van der Waals surface area (Å²) in [6.07, 6.45) is 0. The molecule has 0 aliphatic carbocycles. The average molecular weight is 284 g/mol. The number of nitrogens with zero attached hydrogens (tertiary/aromatic N) is 1. The Morgan fingerprint density at radius 3 is 2.43 bits per heavy atom. The molecule has 4 heteroatoms. The number of pyridine rings is 1. The Kier molecular flexibility index (Phi) is 3.39. The second-order valence-electron chi connectivity index (χ2n) is 5.02. The molecular formula is C17H14F2N2. The maximum absolute atomic E-state index is 13.8. The fraction of sp³-hybridized carbons (Fsp3) is 0.118. The second-order valence-corrected chi connectivity index (χ2v) is 5.02. The lowest BCUT2D eigenvalue weighted by atomic mass is 9.97. The van der Waals surface area contributed by atoms with Gasteiger partial charge in [0.05, 0.1) is 11.6 Å². The van der Waals surface area contributed by atoms with Gasteiger partial charge in [0.2, 0.25) is 0 Å². The molecule has 2 aromatic carbocycles. The Hall–Kier alpha value is -2.33. The lowest BCUT2D eigenvalue weighted by Crippen LogP contribution is -2.15. The zero-order chi connectivity index (χ0) is 15.0. The van der Waals surface area contributed by atoms with Gasteiger partial charge < -0.3 is 5.73 Å². The van der Waals surface area contributed by atoms with E-state index in [4.69, 9.17) is 5.73 Å². The van der Waals surface area contributed by atoms with E-state index in [-0.39, 0.29) is 5.56 Å². The van der Waals surface area contributed by atoms with Crippen molar-refractivity contribution in [1.29, 1.82) is 0 Å². The van der Waals surface area contributed by atoms with Crippen LogP contribution in [0, 0.1) is 18.6 Å². The van der Waals surface area contributed by atoms with E-state index in [2.05, 4.69) is 4.98 Å². The summed E-state index contributed by atoms with van der Waals surface area (Å²) in [7, 11) is 0. The van der Waals surface area contributed by atoms with Crippen molar-refractivity contribution in [2.24, 2.45) is 5.73 Å². The third-order valence-corrected chi connectivity index (χ3v) is 3.52. The largest absolute Gasteiger partial charge is 0.320 e. The van der Waals surface area contributed by atoms with Gasteiger partial charge in [-0.2, -0.15) is 0 Å². The van der Waals surface area contributed by atoms with Crippen LogP contribution in [0.5, 0.6) is 0 Å². The predicted molar refractivity (Wildman–Crippen MR) is 78.9 cm³/mol. The molecule has 0 aliphatic rings. The van der Waals surface area contributed by atoms with Crippen molar-refractivity contribution < 1.29 is 8.78 Å². The molecule has 2 N–H and O–H groups in total. The highest BCUT2D eigenvalue weighted by atomic mass is 19.1. The fourth-order valence-corrected chi connectivity index (χ4v) is 2.41. The van der Waals surface area contributed by atoms with Crippen molar-refractivity contribution in [1.82, 2.24) is 4.98 Å². The van der Waals surface area contributed by atoms with Gasteiger partial charge in [-0.05, 0) is 42.8 Å². The molecule has 0 saturated carbocycles. The van der Waals surface area contributed by atoms with E-state index >= 15 is 0 Å². The Balaban J connectivity index is 2.09. The van der Waals surface area contributed by atoms with E-state index in [9.17, 15) is 8.78 Å². The molecule has 0 spiro atoms. The quantitative estimate of drug-likeness (QED) is 0.776. The van der Waals surface area contributed by atoms with E-state index in [0.29, 0.717) is 5.56 Å².